The summed E-state index contributed by atoms with van der Waals surface area (Å²) in [5, 5.41) is 16.1. The number of ether oxygens (including phenoxy) is 4. The zero-order valence-electron chi connectivity index (χ0n) is 30.4. The molecule has 8 unspecified atom stereocenters. The molecule has 0 amide bonds. The van der Waals surface area contributed by atoms with Gasteiger partial charge < -0.3 is 29.4 Å². The predicted octanol–water partition coefficient (Wildman–Crippen LogP) is 6.74. The maximum atomic E-state index is 12.8. The van der Waals surface area contributed by atoms with Gasteiger partial charge in [0.05, 0.1) is 31.0 Å². The van der Waals surface area contributed by atoms with E-state index < -0.39 is 6.10 Å². The summed E-state index contributed by atoms with van der Waals surface area (Å²) in [6.07, 6.45) is 8.75. The van der Waals surface area contributed by atoms with E-state index in [2.05, 4.69) is 67.6 Å². The highest BCUT2D eigenvalue weighted by Gasteiger charge is 2.84. The van der Waals surface area contributed by atoms with E-state index >= 15 is 0 Å². The van der Waals surface area contributed by atoms with Gasteiger partial charge in [-0.05, 0) is 109 Å². The molecule has 5 aliphatic carbocycles. The summed E-state index contributed by atoms with van der Waals surface area (Å²) in [5.41, 5.74) is 0.612. The van der Waals surface area contributed by atoms with Crippen LogP contribution in [0.2, 0.25) is 0 Å². The quantitative estimate of drug-likeness (QED) is 0.297. The minimum Gasteiger partial charge on any atom is -0.459 e. The Hall–Kier alpha value is -0.730. The van der Waals surface area contributed by atoms with Crippen molar-refractivity contribution in [1.82, 2.24) is 5.32 Å². The normalized spacial score (nSPS) is 51.3. The molecule has 2 aliphatic heterocycles. The van der Waals surface area contributed by atoms with Crippen LogP contribution in [-0.2, 0) is 23.7 Å². The molecule has 0 radical (unpaired) electrons. The highest BCUT2D eigenvalue weighted by Crippen LogP contribution is 2.89. The van der Waals surface area contributed by atoms with E-state index in [0.717, 1.165) is 32.5 Å². The Bertz CT molecular complexity index is 1170. The number of esters is 1. The summed E-state index contributed by atoms with van der Waals surface area (Å²) in [7, 11) is 0. The first-order valence-electron chi connectivity index (χ1n) is 19.1. The topological polar surface area (TPSA) is 86.3 Å². The molecule has 46 heavy (non-hydrogen) atoms. The fraction of sp³-hybridized carbons (Fsp3) is 0.974. The van der Waals surface area contributed by atoms with Crippen molar-refractivity contribution in [3.8, 4) is 0 Å². The number of rotatable bonds is 7. The van der Waals surface area contributed by atoms with Gasteiger partial charge in [0.25, 0.3) is 0 Å². The highest BCUT2D eigenvalue weighted by atomic mass is 16.7. The Kier molecular flexibility index (Phi) is 8.36. The lowest BCUT2D eigenvalue weighted by atomic mass is 9.41. The fourth-order valence-electron chi connectivity index (χ4n) is 13.8. The van der Waals surface area contributed by atoms with Gasteiger partial charge >= 0.3 is 5.97 Å². The summed E-state index contributed by atoms with van der Waals surface area (Å²) >= 11 is 0. The largest absolute Gasteiger partial charge is 0.459 e. The molecule has 5 saturated carbocycles. The number of aliphatic hydroxyl groups is 1. The second kappa shape index (κ2) is 11.4. The SMILES string of the molecule is CC(C)CC(=O)OC(C(C)C)C1C[C@@H](C)[C@H]2C(O1)[C@H](O)[C@@]1(C)C3CC[C@H]4C(C)(C)C(O[C@H]5CNCCO5)CCC45CC35CCC21C. The van der Waals surface area contributed by atoms with Gasteiger partial charge in [0, 0.05) is 24.9 Å². The number of aliphatic hydroxyl groups excluding tert-OH is 1. The maximum Gasteiger partial charge on any atom is 0.306 e. The van der Waals surface area contributed by atoms with Gasteiger partial charge in [-0.25, -0.2) is 0 Å². The number of morpholine rings is 1. The van der Waals surface area contributed by atoms with Crippen molar-refractivity contribution in [3.05, 3.63) is 0 Å². The average Bonchev–Trinajstić information content (AvgIpc) is 3.62. The van der Waals surface area contributed by atoms with Crippen LogP contribution < -0.4 is 5.32 Å². The molecular weight excluding hydrogens is 578 g/mol. The van der Waals surface area contributed by atoms with Crippen molar-refractivity contribution in [2.24, 2.45) is 62.6 Å². The monoisotopic (exact) mass is 643 g/mol. The van der Waals surface area contributed by atoms with Gasteiger partial charge in [0.1, 0.15) is 6.10 Å². The lowest BCUT2D eigenvalue weighted by Crippen LogP contribution is -2.60. The molecule has 7 nitrogen and oxygen atoms in total. The molecule has 2 heterocycles. The predicted molar refractivity (Wildman–Crippen MR) is 178 cm³/mol. The van der Waals surface area contributed by atoms with E-state index in [0.29, 0.717) is 40.9 Å². The first-order chi connectivity index (χ1) is 21.6. The summed E-state index contributed by atoms with van der Waals surface area (Å²) in [5.74, 6) is 2.16. The first-order valence-corrected chi connectivity index (χ1v) is 19.1. The minimum atomic E-state index is -0.507. The van der Waals surface area contributed by atoms with Gasteiger partial charge in [-0.15, -0.1) is 0 Å². The Balaban J connectivity index is 1.13. The molecule has 0 aromatic heterocycles. The Morgan fingerprint density at radius 1 is 1.00 bits per heavy atom. The van der Waals surface area contributed by atoms with E-state index in [4.69, 9.17) is 18.9 Å². The second-order valence-corrected chi connectivity index (χ2v) is 19.0. The third kappa shape index (κ3) is 4.63. The lowest BCUT2D eigenvalue weighted by molar-refractivity contribution is -0.237. The fourth-order valence-corrected chi connectivity index (χ4v) is 13.8. The number of fused-ring (bicyclic) bond motifs is 4. The molecule has 2 spiro atoms. The first kappa shape index (κ1) is 33.8. The van der Waals surface area contributed by atoms with Gasteiger partial charge in [-0.3, -0.25) is 4.79 Å². The Morgan fingerprint density at radius 3 is 2.39 bits per heavy atom. The van der Waals surface area contributed by atoms with Crippen LogP contribution in [0.5, 0.6) is 0 Å². The van der Waals surface area contributed by atoms with E-state index in [-0.39, 0.29) is 64.8 Å². The molecule has 2 saturated heterocycles. The molecule has 0 bridgehead atoms. The molecule has 7 heteroatoms. The molecule has 0 aromatic rings. The zero-order chi connectivity index (χ0) is 33.0. The van der Waals surface area contributed by atoms with Crippen LogP contribution >= 0.6 is 0 Å². The van der Waals surface area contributed by atoms with Crippen molar-refractivity contribution in [2.45, 2.75) is 157 Å². The molecular formula is C39H65NO6. The highest BCUT2D eigenvalue weighted by molar-refractivity contribution is 5.69. The summed E-state index contributed by atoms with van der Waals surface area (Å²) in [6, 6.07) is 0. The van der Waals surface area contributed by atoms with Gasteiger partial charge in [-0.1, -0.05) is 62.3 Å². The number of nitrogens with one attached hydrogen (secondary N) is 1. The second-order valence-electron chi connectivity index (χ2n) is 19.0. The standard InChI is InChI=1S/C39H65NO6/c1-22(2)18-29(41)46-32(23(3)4)25-19-24(5)31-33(44-25)34(42)37(9)27-11-10-26-35(6,7)28(45-30-20-40-16-17-43-30)12-13-38(26)21-39(27,38)15-14-36(31,37)8/h22-28,30-34,40,42H,10-21H2,1-9H3/t24-,25?,26+,27?,28?,30+,31+,32?,33?,34+,36?,37-,38?,39?/m1/s1. The Morgan fingerprint density at radius 2 is 1.72 bits per heavy atom. The van der Waals surface area contributed by atoms with Crippen molar-refractivity contribution < 1.29 is 28.8 Å². The number of hydrogen-bond acceptors (Lipinski definition) is 7. The number of carbonyl (C=O) groups excluding carboxylic acids is 1. The van der Waals surface area contributed by atoms with Crippen LogP contribution in [0.15, 0.2) is 0 Å². The van der Waals surface area contributed by atoms with E-state index in [1.807, 2.05) is 0 Å². The molecule has 7 aliphatic rings. The van der Waals surface area contributed by atoms with Crippen molar-refractivity contribution in [3.63, 3.8) is 0 Å². The van der Waals surface area contributed by atoms with Gasteiger partial charge in [0.2, 0.25) is 0 Å². The van der Waals surface area contributed by atoms with Crippen LogP contribution in [0.3, 0.4) is 0 Å². The average molecular weight is 644 g/mol. The van der Waals surface area contributed by atoms with Crippen molar-refractivity contribution in [2.75, 3.05) is 19.7 Å². The van der Waals surface area contributed by atoms with Gasteiger partial charge in [0.15, 0.2) is 6.29 Å². The van der Waals surface area contributed by atoms with E-state index in [1.54, 1.807) is 0 Å². The van der Waals surface area contributed by atoms with Gasteiger partial charge in [-0.2, -0.15) is 0 Å². The summed E-state index contributed by atoms with van der Waals surface area (Å²) in [4.78, 5) is 12.8. The van der Waals surface area contributed by atoms with Crippen LogP contribution in [0.4, 0.5) is 0 Å². The van der Waals surface area contributed by atoms with E-state index in [1.165, 1.54) is 38.5 Å². The zero-order valence-corrected chi connectivity index (χ0v) is 30.4. The number of hydrogen-bond donors (Lipinski definition) is 2. The minimum absolute atomic E-state index is 0.0246. The van der Waals surface area contributed by atoms with Crippen LogP contribution in [-0.4, -0.2) is 67.6 Å². The van der Waals surface area contributed by atoms with Crippen molar-refractivity contribution >= 4 is 5.97 Å². The maximum absolute atomic E-state index is 12.8. The third-order valence-electron chi connectivity index (χ3n) is 15.8. The molecule has 14 atom stereocenters. The van der Waals surface area contributed by atoms with E-state index in [9.17, 15) is 9.90 Å². The smallest absolute Gasteiger partial charge is 0.306 e. The van der Waals surface area contributed by atoms with Crippen molar-refractivity contribution in [1.29, 1.82) is 0 Å². The molecule has 2 N–H and O–H groups in total. The van der Waals surface area contributed by atoms with Crippen LogP contribution in [0.1, 0.15) is 120 Å². The number of carbonyl (C=O) groups is 1. The van der Waals surface area contributed by atoms with Crippen LogP contribution in [0.25, 0.3) is 0 Å². The Labute approximate surface area is 279 Å². The molecule has 7 fully saturated rings. The molecule has 262 valence electrons. The molecule has 7 rings (SSSR count). The summed E-state index contributed by atoms with van der Waals surface area (Å²) in [6.45, 7) is 23.1. The summed E-state index contributed by atoms with van der Waals surface area (Å²) < 4.78 is 25.9. The van der Waals surface area contributed by atoms with Crippen LogP contribution in [0, 0.1) is 62.6 Å². The molecule has 0 aromatic carbocycles. The lowest BCUT2D eigenvalue weighted by Gasteiger charge is -2.63. The third-order valence-corrected chi connectivity index (χ3v) is 15.8.